The lowest BCUT2D eigenvalue weighted by Crippen LogP contribution is -2.05. The van der Waals surface area contributed by atoms with Gasteiger partial charge in [0.15, 0.2) is 5.84 Å². The second-order valence-corrected chi connectivity index (χ2v) is 20.8. The van der Waals surface area contributed by atoms with Crippen LogP contribution in [0.3, 0.4) is 0 Å². The molecule has 0 atom stereocenters. The Morgan fingerprint density at radius 2 is 0.872 bits per heavy atom. The third-order valence-electron chi connectivity index (χ3n) is 15.9. The molecular formula is C73H55N5. The first-order chi connectivity index (χ1) is 38.3. The van der Waals surface area contributed by atoms with Crippen molar-refractivity contribution in [2.75, 3.05) is 0 Å². The van der Waals surface area contributed by atoms with E-state index in [2.05, 4.69) is 284 Å². The zero-order chi connectivity index (χ0) is 52.4. The summed E-state index contributed by atoms with van der Waals surface area (Å²) < 4.78 is 7.40. The maximum Gasteiger partial charge on any atom is 0.160 e. The van der Waals surface area contributed by atoms with Gasteiger partial charge in [0, 0.05) is 55.3 Å². The van der Waals surface area contributed by atoms with Crippen LogP contribution in [0.5, 0.6) is 0 Å². The van der Waals surface area contributed by atoms with E-state index in [4.69, 9.17) is 9.98 Å². The molecule has 10 aromatic carbocycles. The van der Waals surface area contributed by atoms with Gasteiger partial charge in [0.05, 0.1) is 39.0 Å². The van der Waals surface area contributed by atoms with Gasteiger partial charge < -0.3 is 13.7 Å². The highest BCUT2D eigenvalue weighted by Gasteiger charge is 2.24. The van der Waals surface area contributed by atoms with Gasteiger partial charge in [-0.25, -0.2) is 9.98 Å². The summed E-state index contributed by atoms with van der Waals surface area (Å²) in [7, 11) is 0. The number of aryl methyl sites for hydroxylation is 3. The lowest BCUT2D eigenvalue weighted by Gasteiger charge is -2.17. The van der Waals surface area contributed by atoms with Gasteiger partial charge in [-0.1, -0.05) is 200 Å². The molecule has 5 heteroatoms. The minimum Gasteiger partial charge on any atom is -0.309 e. The molecule has 0 unspecified atom stereocenters. The first kappa shape index (κ1) is 46.7. The Labute approximate surface area is 454 Å². The summed E-state index contributed by atoms with van der Waals surface area (Å²) >= 11 is 0. The van der Waals surface area contributed by atoms with E-state index in [0.29, 0.717) is 11.5 Å². The summed E-state index contributed by atoms with van der Waals surface area (Å²) in [4.78, 5) is 10.3. The van der Waals surface area contributed by atoms with E-state index >= 15 is 0 Å². The van der Waals surface area contributed by atoms with Crippen molar-refractivity contribution in [1.29, 1.82) is 0 Å². The van der Waals surface area contributed by atoms with Crippen LogP contribution >= 0.6 is 0 Å². The van der Waals surface area contributed by atoms with Crippen LogP contribution < -0.4 is 0 Å². The van der Waals surface area contributed by atoms with E-state index in [9.17, 15) is 0 Å². The fraction of sp³-hybridized carbons (Fsp3) is 0.0685. The summed E-state index contributed by atoms with van der Waals surface area (Å²) in [6, 6.07) is 85.9. The van der Waals surface area contributed by atoms with E-state index in [1.807, 2.05) is 0 Å². The van der Waals surface area contributed by atoms with Crippen molar-refractivity contribution in [3.05, 3.63) is 288 Å². The van der Waals surface area contributed by atoms with Gasteiger partial charge in [-0.3, -0.25) is 0 Å². The molecule has 3 aromatic heterocycles. The van der Waals surface area contributed by atoms with Gasteiger partial charge in [-0.05, 0) is 133 Å². The van der Waals surface area contributed by atoms with Crippen molar-refractivity contribution in [2.24, 2.45) is 9.98 Å². The number of hydrogen-bond acceptors (Lipinski definition) is 1. The summed E-state index contributed by atoms with van der Waals surface area (Å²) in [5.41, 5.74) is 23.6. The van der Waals surface area contributed by atoms with E-state index in [0.717, 1.165) is 63.3 Å². The lowest BCUT2D eigenvalue weighted by molar-refractivity contribution is 0.981. The Bertz CT molecular complexity index is 4600. The number of fused-ring (bicyclic) bond motifs is 9. The third-order valence-corrected chi connectivity index (χ3v) is 15.9. The maximum atomic E-state index is 5.25. The minimum atomic E-state index is 0.621. The van der Waals surface area contributed by atoms with Crippen molar-refractivity contribution in [3.8, 4) is 28.2 Å². The average Bonchev–Trinajstić information content (AvgIpc) is 4.34. The van der Waals surface area contributed by atoms with Crippen LogP contribution in [0.1, 0.15) is 58.0 Å². The van der Waals surface area contributed by atoms with Crippen LogP contribution in [0.2, 0.25) is 0 Å². The van der Waals surface area contributed by atoms with Crippen LogP contribution in [0.4, 0.5) is 0 Å². The van der Waals surface area contributed by atoms with Gasteiger partial charge in [0.25, 0.3) is 0 Å². The molecule has 0 bridgehead atoms. The SMILES string of the molecule is C=C(N=C(N=C(C)c1ccc(-n2c3cc(-n4c5c(c6ccccc64)CCC(c4ccccc4)=C5)ccc3c3ccc(-n4c5ccccc5c5ccc(-c6ccccc6)cc54)cc32)cc1)c1ccc(C)cc1)c1ccc(C)cc1. The first-order valence-corrected chi connectivity index (χ1v) is 26.9. The number of rotatable bonds is 9. The van der Waals surface area contributed by atoms with Gasteiger partial charge >= 0.3 is 0 Å². The Kier molecular flexibility index (Phi) is 11.4. The maximum absolute atomic E-state index is 5.25. The topological polar surface area (TPSA) is 39.5 Å². The summed E-state index contributed by atoms with van der Waals surface area (Å²) in [6.07, 6.45) is 4.42. The number of para-hydroxylation sites is 2. The largest absolute Gasteiger partial charge is 0.309 e. The summed E-state index contributed by atoms with van der Waals surface area (Å²) in [5.74, 6) is 0.621. The molecule has 0 N–H and O–H groups in total. The monoisotopic (exact) mass is 1000 g/mol. The van der Waals surface area contributed by atoms with Crippen molar-refractivity contribution in [1.82, 2.24) is 13.7 Å². The highest BCUT2D eigenvalue weighted by molar-refractivity contribution is 6.14. The van der Waals surface area contributed by atoms with Crippen molar-refractivity contribution >= 4 is 83.4 Å². The van der Waals surface area contributed by atoms with Gasteiger partial charge in [0.1, 0.15) is 0 Å². The summed E-state index contributed by atoms with van der Waals surface area (Å²) in [6.45, 7) is 10.6. The highest BCUT2D eigenvalue weighted by Crippen LogP contribution is 2.42. The number of aliphatic imine (C=N–C) groups is 2. The predicted molar refractivity (Wildman–Crippen MR) is 330 cm³/mol. The fourth-order valence-electron chi connectivity index (χ4n) is 11.9. The second-order valence-electron chi connectivity index (χ2n) is 20.8. The smallest absolute Gasteiger partial charge is 0.160 e. The van der Waals surface area contributed by atoms with E-state index in [-0.39, 0.29) is 0 Å². The predicted octanol–water partition coefficient (Wildman–Crippen LogP) is 18.5. The van der Waals surface area contributed by atoms with Crippen LogP contribution in [0.15, 0.2) is 253 Å². The molecule has 0 radical (unpaired) electrons. The number of amidine groups is 1. The van der Waals surface area contributed by atoms with E-state index < -0.39 is 0 Å². The quantitative estimate of drug-likeness (QED) is 0.102. The molecule has 5 nitrogen and oxygen atoms in total. The Balaban J connectivity index is 0.958. The van der Waals surface area contributed by atoms with Crippen LogP contribution in [0, 0.1) is 13.8 Å². The molecule has 0 fully saturated rings. The molecular weight excluding hydrogens is 947 g/mol. The third kappa shape index (κ3) is 8.11. The molecule has 0 aliphatic heterocycles. The van der Waals surface area contributed by atoms with Crippen LogP contribution in [-0.4, -0.2) is 25.2 Å². The molecule has 78 heavy (non-hydrogen) atoms. The molecule has 0 spiro atoms. The lowest BCUT2D eigenvalue weighted by atomic mass is 9.91. The molecule has 0 amide bonds. The Morgan fingerprint density at radius 3 is 1.53 bits per heavy atom. The molecule has 1 aliphatic carbocycles. The van der Waals surface area contributed by atoms with Crippen LogP contribution in [-0.2, 0) is 6.42 Å². The van der Waals surface area contributed by atoms with Crippen molar-refractivity contribution in [3.63, 3.8) is 0 Å². The van der Waals surface area contributed by atoms with Gasteiger partial charge in [-0.15, -0.1) is 0 Å². The second kappa shape index (κ2) is 19.1. The molecule has 0 saturated heterocycles. The Morgan fingerprint density at radius 1 is 0.385 bits per heavy atom. The molecule has 1 aliphatic rings. The normalized spacial score (nSPS) is 13.0. The summed E-state index contributed by atoms with van der Waals surface area (Å²) in [5, 5.41) is 6.14. The van der Waals surface area contributed by atoms with Gasteiger partial charge in [0.2, 0.25) is 0 Å². The molecule has 14 rings (SSSR count). The average molecular weight is 1000 g/mol. The standard InChI is InChI=1S/C73H55N5/c1-47-23-27-51(28-24-47)49(3)74-73(55-29-25-48(2)26-30-55)75-50(4)52-31-35-58(36-32-52)76-71-45-59(77-67-21-13-11-19-61(67)63-39-33-56(43-69(63)77)53-15-7-5-8-16-53)37-41-65(71)66-42-38-60(46-72(66)76)78-68-22-14-12-20-62(68)64-40-34-57(44-70(64)78)54-17-9-6-10-18-54/h5-33,35-39,41-46H,3,34,40H2,1-2,4H3. The van der Waals surface area contributed by atoms with E-state index in [1.165, 1.54) is 88.1 Å². The number of nitrogens with zero attached hydrogens (tertiary/aromatic N) is 5. The minimum absolute atomic E-state index is 0.621. The number of allylic oxidation sites excluding steroid dienone is 1. The molecule has 372 valence electrons. The van der Waals surface area contributed by atoms with E-state index in [1.54, 1.807) is 0 Å². The zero-order valence-corrected chi connectivity index (χ0v) is 44.0. The number of benzene rings is 10. The van der Waals surface area contributed by atoms with Gasteiger partial charge in [-0.2, -0.15) is 0 Å². The molecule has 13 aromatic rings. The molecule has 3 heterocycles. The fourth-order valence-corrected chi connectivity index (χ4v) is 11.9. The number of aromatic nitrogens is 3. The zero-order valence-electron chi connectivity index (χ0n) is 44.0. The Hall–Kier alpha value is -9.84. The molecule has 0 saturated carbocycles. The first-order valence-electron chi connectivity index (χ1n) is 26.9. The van der Waals surface area contributed by atoms with Crippen LogP contribution in [0.25, 0.3) is 100 Å². The highest BCUT2D eigenvalue weighted by atomic mass is 15.0. The number of hydrogen-bond donors (Lipinski definition) is 0. The van der Waals surface area contributed by atoms with Crippen molar-refractivity contribution in [2.45, 2.75) is 33.6 Å². The van der Waals surface area contributed by atoms with Crippen molar-refractivity contribution < 1.29 is 0 Å².